The summed E-state index contributed by atoms with van der Waals surface area (Å²) in [7, 11) is -2.55. The monoisotopic (exact) mass is 920 g/mol. The van der Waals surface area contributed by atoms with E-state index in [9.17, 15) is 13.2 Å². The Balaban J connectivity index is 1.02. The summed E-state index contributed by atoms with van der Waals surface area (Å²) >= 11 is 0. The van der Waals surface area contributed by atoms with Crippen molar-refractivity contribution in [1.82, 2.24) is 14.2 Å². The summed E-state index contributed by atoms with van der Waals surface area (Å²) in [5.41, 5.74) is 0.788. The van der Waals surface area contributed by atoms with E-state index in [0.717, 1.165) is 27.7 Å². The molecule has 65 heavy (non-hydrogen) atoms. The molecule has 14 nitrogen and oxygen atoms in total. The van der Waals surface area contributed by atoms with Gasteiger partial charge in [-0.2, -0.15) is 4.98 Å². The Morgan fingerprint density at radius 1 is 0.815 bits per heavy atom. The van der Waals surface area contributed by atoms with Gasteiger partial charge in [0.25, 0.3) is 8.53 Å². The van der Waals surface area contributed by atoms with Gasteiger partial charge in [-0.15, -0.1) is 0 Å². The average molecular weight is 921 g/mol. The number of hydrogen-bond donors (Lipinski definition) is 1. The summed E-state index contributed by atoms with van der Waals surface area (Å²) in [6.45, 7) is 0.324. The van der Waals surface area contributed by atoms with E-state index in [0.29, 0.717) is 35.9 Å². The molecular formula is C48H46FN4O10PS. The number of nitrogens with zero attached hydrogens (tertiary/aromatic N) is 3. The first-order valence-electron chi connectivity index (χ1n) is 21.3. The van der Waals surface area contributed by atoms with E-state index >= 15 is 4.39 Å². The first-order valence-corrected chi connectivity index (χ1v) is 24.1. The molecule has 7 atom stereocenters. The van der Waals surface area contributed by atoms with E-state index in [1.54, 1.807) is 56.7 Å². The van der Waals surface area contributed by atoms with Crippen LogP contribution in [0.5, 0.6) is 23.0 Å². The molecule has 0 aliphatic carbocycles. The highest BCUT2D eigenvalue weighted by atomic mass is 32.2. The molecule has 1 aromatic heterocycles. The number of benzene rings is 5. The lowest BCUT2D eigenvalue weighted by Crippen LogP contribution is -2.40. The van der Waals surface area contributed by atoms with E-state index in [-0.39, 0.29) is 34.9 Å². The Labute approximate surface area is 376 Å². The van der Waals surface area contributed by atoms with Crippen LogP contribution in [-0.2, 0) is 34.0 Å². The van der Waals surface area contributed by atoms with Crippen LogP contribution in [0.3, 0.4) is 0 Å². The first kappa shape index (κ1) is 43.2. The van der Waals surface area contributed by atoms with E-state index in [1.165, 1.54) is 6.20 Å². The van der Waals surface area contributed by atoms with E-state index in [1.807, 2.05) is 95.7 Å². The first-order chi connectivity index (χ1) is 31.6. The number of methoxy groups -OCH3 is 2. The molecule has 1 N–H and O–H groups in total. The minimum absolute atomic E-state index is 0.178. The van der Waals surface area contributed by atoms with Crippen molar-refractivity contribution in [3.63, 3.8) is 0 Å². The van der Waals surface area contributed by atoms with Crippen molar-refractivity contribution in [3.05, 3.63) is 167 Å². The molecule has 5 heterocycles. The highest BCUT2D eigenvalue weighted by Gasteiger charge is 2.55. The van der Waals surface area contributed by atoms with Gasteiger partial charge in [-0.3, -0.25) is 4.57 Å². The van der Waals surface area contributed by atoms with Crippen LogP contribution in [0.15, 0.2) is 149 Å². The lowest BCUT2D eigenvalue weighted by molar-refractivity contribution is -0.0930. The lowest BCUT2D eigenvalue weighted by atomic mass is 9.80. The number of fused-ring (bicyclic) bond motifs is 3. The molecule has 336 valence electrons. The molecule has 4 aliphatic heterocycles. The largest absolute Gasteiger partial charge is 0.497 e. The summed E-state index contributed by atoms with van der Waals surface area (Å²) in [4.78, 5) is 18.3. The molecule has 6 aromatic rings. The molecule has 0 spiro atoms. The van der Waals surface area contributed by atoms with Gasteiger partial charge in [-0.1, -0.05) is 84.9 Å². The van der Waals surface area contributed by atoms with Crippen LogP contribution in [-0.4, -0.2) is 86.3 Å². The third-order valence-corrected chi connectivity index (χ3v) is 15.8. The standard InChI is InChI=1S/C48H46FN4O10PS/c1-57-34-23-19-32(20-24-34)48(31-12-5-3-6-13-31,33-21-25-35(58-2)26-22-33)59-29-41-44(63-64-53-27-11-17-38(53)42(62-64)30-65(55,56)36-14-7-4-8-15-36)43(49)46(61-41)52-28-40-45(51-47(52)54)50-37-16-9-10-18-39(37)60-40/h3-10,12-16,18-26,28,38,41-44,46H,11,17,27,29-30H2,1-2H3,(H,50,51,54)/t38-,41+,42+,43+,44+,46+,64+/m0/s1. The SMILES string of the molecule is COc1ccc(C(OC[C@H]2O[C@@H](n3cc4c(nc3=O)Nc3ccccc3O4)[C@H](F)[C@@H]2O[P@@]2O[C@H](CS(=O)(=O)c3ccccc3)[C@@H]3CCCN32)(c2ccccc2)c2ccc(OC)cc2)cc1. The minimum atomic E-state index is -3.74. The number of rotatable bonds is 14. The number of aromatic nitrogens is 2. The molecule has 4 aliphatic rings. The maximum absolute atomic E-state index is 17.6. The second-order valence-electron chi connectivity index (χ2n) is 16.1. The number of sulfone groups is 1. The smallest absolute Gasteiger partial charge is 0.352 e. The van der Waals surface area contributed by atoms with Crippen molar-refractivity contribution in [3.8, 4) is 23.0 Å². The van der Waals surface area contributed by atoms with Gasteiger partial charge in [-0.25, -0.2) is 22.3 Å². The number of nitrogens with one attached hydrogen (secondary N) is 1. The van der Waals surface area contributed by atoms with Crippen LogP contribution >= 0.6 is 8.53 Å². The summed E-state index contributed by atoms with van der Waals surface area (Å²) in [5.74, 6) is 1.89. The molecule has 17 heteroatoms. The average Bonchev–Trinajstić information content (AvgIpc) is 4.04. The maximum atomic E-state index is 17.6. The molecule has 0 saturated carbocycles. The molecule has 3 saturated heterocycles. The Morgan fingerprint density at radius 2 is 1.45 bits per heavy atom. The molecule has 0 bridgehead atoms. The Bertz CT molecular complexity index is 2760. The van der Waals surface area contributed by atoms with Gasteiger partial charge in [0.15, 0.2) is 39.6 Å². The topological polar surface area (TPSA) is 149 Å². The maximum Gasteiger partial charge on any atom is 0.352 e. The number of para-hydroxylation sites is 2. The fraction of sp³-hybridized carbons (Fsp3) is 0.292. The Kier molecular flexibility index (Phi) is 11.9. The molecule has 10 rings (SSSR count). The van der Waals surface area contributed by atoms with Gasteiger partial charge in [0.05, 0.1) is 49.5 Å². The number of halogens is 1. The van der Waals surface area contributed by atoms with Gasteiger partial charge in [0.2, 0.25) is 0 Å². The number of hydrogen-bond acceptors (Lipinski definition) is 13. The van der Waals surface area contributed by atoms with Gasteiger partial charge in [0.1, 0.15) is 29.3 Å². The van der Waals surface area contributed by atoms with Crippen LogP contribution in [0.25, 0.3) is 0 Å². The van der Waals surface area contributed by atoms with E-state index in [2.05, 4.69) is 10.3 Å². The second kappa shape index (κ2) is 17.9. The van der Waals surface area contributed by atoms with Gasteiger partial charge < -0.3 is 38.0 Å². The second-order valence-corrected chi connectivity index (χ2v) is 19.6. The van der Waals surface area contributed by atoms with Crippen molar-refractivity contribution in [2.45, 2.75) is 60.1 Å². The zero-order valence-electron chi connectivity index (χ0n) is 35.4. The summed E-state index contributed by atoms with van der Waals surface area (Å²) < 4.78 is 92.2. The molecule has 5 aromatic carbocycles. The highest BCUT2D eigenvalue weighted by molar-refractivity contribution is 7.91. The number of anilines is 2. The summed E-state index contributed by atoms with van der Waals surface area (Å²) in [5, 5.41) is 3.12. The molecule has 3 fully saturated rings. The van der Waals surface area contributed by atoms with Crippen LogP contribution in [0.1, 0.15) is 35.8 Å². The predicted octanol–water partition coefficient (Wildman–Crippen LogP) is 8.30. The minimum Gasteiger partial charge on any atom is -0.497 e. The number of alkyl halides is 1. The van der Waals surface area contributed by atoms with Gasteiger partial charge in [-0.05, 0) is 78.1 Å². The van der Waals surface area contributed by atoms with Gasteiger partial charge in [0, 0.05) is 12.6 Å². The quantitative estimate of drug-likeness (QED) is 0.0825. The molecule has 0 radical (unpaired) electrons. The fourth-order valence-electron chi connectivity index (χ4n) is 9.04. The number of ether oxygens (including phenoxy) is 5. The van der Waals surface area contributed by atoms with Crippen molar-refractivity contribution in [2.24, 2.45) is 0 Å². The Morgan fingerprint density at radius 3 is 2.12 bits per heavy atom. The predicted molar refractivity (Wildman–Crippen MR) is 240 cm³/mol. The summed E-state index contributed by atoms with van der Waals surface area (Å²) in [6, 6.07) is 39.9. The molecule has 0 amide bonds. The third kappa shape index (κ3) is 8.18. The summed E-state index contributed by atoms with van der Waals surface area (Å²) in [6.07, 6.45) is -3.88. The van der Waals surface area contributed by atoms with Crippen molar-refractivity contribution in [1.29, 1.82) is 0 Å². The van der Waals surface area contributed by atoms with E-state index in [4.69, 9.17) is 32.7 Å². The lowest BCUT2D eigenvalue weighted by Gasteiger charge is -2.37. The molecular weight excluding hydrogens is 875 g/mol. The van der Waals surface area contributed by atoms with Crippen LogP contribution in [0.4, 0.5) is 15.9 Å². The Hall–Kier alpha value is -5.71. The van der Waals surface area contributed by atoms with E-state index < -0.39 is 60.4 Å². The van der Waals surface area contributed by atoms with Crippen molar-refractivity contribution >= 4 is 29.9 Å². The fourth-order valence-corrected chi connectivity index (χ4v) is 12.6. The van der Waals surface area contributed by atoms with Crippen LogP contribution in [0.2, 0.25) is 0 Å². The van der Waals surface area contributed by atoms with Crippen LogP contribution in [0, 0.1) is 0 Å². The zero-order valence-corrected chi connectivity index (χ0v) is 37.1. The van der Waals surface area contributed by atoms with Crippen molar-refractivity contribution in [2.75, 3.05) is 38.4 Å². The third-order valence-electron chi connectivity index (χ3n) is 12.3. The highest BCUT2D eigenvalue weighted by Crippen LogP contribution is 2.58. The molecule has 0 unspecified atom stereocenters. The zero-order chi connectivity index (χ0) is 44.7. The van der Waals surface area contributed by atoms with Crippen LogP contribution < -0.4 is 25.2 Å². The van der Waals surface area contributed by atoms with Gasteiger partial charge >= 0.3 is 5.69 Å². The van der Waals surface area contributed by atoms with Crippen molar-refractivity contribution < 1.29 is 45.5 Å². The normalized spacial score (nSPS) is 23.8.